The number of anilines is 1. The molecule has 3 aromatic rings. The summed E-state index contributed by atoms with van der Waals surface area (Å²) in [7, 11) is 0. The Bertz CT molecular complexity index is 900. The van der Waals surface area contributed by atoms with E-state index >= 15 is 0 Å². The van der Waals surface area contributed by atoms with E-state index in [1.54, 1.807) is 16.8 Å². The van der Waals surface area contributed by atoms with Crippen LogP contribution in [0.5, 0.6) is 0 Å². The fraction of sp³-hybridized carbons (Fsp3) is 0.350. The van der Waals surface area contributed by atoms with E-state index in [2.05, 4.69) is 20.4 Å². The maximum atomic E-state index is 14.2. The van der Waals surface area contributed by atoms with E-state index in [0.29, 0.717) is 24.5 Å². The molecule has 0 aliphatic carbocycles. The summed E-state index contributed by atoms with van der Waals surface area (Å²) < 4.78 is 15.9. The topological polar surface area (TPSA) is 67.1 Å². The van der Waals surface area contributed by atoms with E-state index in [1.165, 1.54) is 6.07 Å². The third kappa shape index (κ3) is 3.55. The first-order valence-electron chi connectivity index (χ1n) is 9.14. The lowest BCUT2D eigenvalue weighted by molar-refractivity contribution is 0.104. The first-order valence-corrected chi connectivity index (χ1v) is 9.14. The van der Waals surface area contributed by atoms with Gasteiger partial charge in [-0.15, -0.1) is 0 Å². The largest absolute Gasteiger partial charge is 0.396 e. The average molecular weight is 367 g/mol. The summed E-state index contributed by atoms with van der Waals surface area (Å²) in [6.45, 7) is 1.36. The molecule has 140 valence electrons. The zero-order valence-electron chi connectivity index (χ0n) is 15.0. The van der Waals surface area contributed by atoms with Crippen molar-refractivity contribution in [1.29, 1.82) is 0 Å². The van der Waals surface area contributed by atoms with Crippen LogP contribution in [0, 0.1) is 11.2 Å². The second kappa shape index (κ2) is 7.44. The molecule has 0 saturated carbocycles. The van der Waals surface area contributed by atoms with Crippen molar-refractivity contribution in [2.24, 2.45) is 5.41 Å². The molecule has 0 radical (unpaired) electrons. The fourth-order valence-electron chi connectivity index (χ4n) is 3.87. The number of hydrogen-bond acceptors (Lipinski definition) is 5. The van der Waals surface area contributed by atoms with Gasteiger partial charge in [-0.3, -0.25) is 0 Å². The number of nitrogens with zero attached hydrogens (tertiary/aromatic N) is 5. The fourth-order valence-corrected chi connectivity index (χ4v) is 3.87. The van der Waals surface area contributed by atoms with Crippen molar-refractivity contribution >= 4 is 5.95 Å². The number of para-hydroxylation sites is 1. The Balaban J connectivity index is 1.61. The second-order valence-corrected chi connectivity index (χ2v) is 7.18. The van der Waals surface area contributed by atoms with Crippen LogP contribution in [0.2, 0.25) is 0 Å². The molecule has 0 bridgehead atoms. The summed E-state index contributed by atoms with van der Waals surface area (Å²) in [5.41, 5.74) is 1.09. The molecule has 4 rings (SSSR count). The van der Waals surface area contributed by atoms with Crippen molar-refractivity contribution in [1.82, 2.24) is 20.2 Å². The molecule has 1 aliphatic heterocycles. The summed E-state index contributed by atoms with van der Waals surface area (Å²) in [5.74, 6) is 0.420. The molecule has 6 nitrogen and oxygen atoms in total. The number of aromatic nitrogens is 4. The number of halogens is 1. The highest BCUT2D eigenvalue weighted by atomic mass is 19.1. The van der Waals surface area contributed by atoms with Crippen molar-refractivity contribution in [2.75, 3.05) is 24.6 Å². The van der Waals surface area contributed by atoms with Crippen molar-refractivity contribution in [3.8, 4) is 5.69 Å². The van der Waals surface area contributed by atoms with Gasteiger partial charge in [0.1, 0.15) is 5.82 Å². The Hall–Kier alpha value is -2.80. The van der Waals surface area contributed by atoms with E-state index in [9.17, 15) is 9.50 Å². The first-order chi connectivity index (χ1) is 13.2. The zero-order valence-corrected chi connectivity index (χ0v) is 15.0. The Labute approximate surface area is 157 Å². The third-order valence-corrected chi connectivity index (χ3v) is 5.26. The van der Waals surface area contributed by atoms with Crippen LogP contribution in [0.15, 0.2) is 54.6 Å². The predicted octanol–water partition coefficient (Wildman–Crippen LogP) is 2.62. The van der Waals surface area contributed by atoms with Crippen molar-refractivity contribution in [2.45, 2.75) is 19.3 Å². The molecule has 1 saturated heterocycles. The normalized spacial score (nSPS) is 20.0. The van der Waals surface area contributed by atoms with Crippen LogP contribution in [0.4, 0.5) is 10.3 Å². The number of hydrogen-bond donors (Lipinski definition) is 1. The quantitative estimate of drug-likeness (QED) is 0.751. The van der Waals surface area contributed by atoms with Gasteiger partial charge in [-0.05, 0) is 53.5 Å². The lowest BCUT2D eigenvalue weighted by atomic mass is 9.75. The first kappa shape index (κ1) is 17.6. The number of aliphatic hydroxyl groups is 1. The molecule has 1 atom stereocenters. The predicted molar refractivity (Wildman–Crippen MR) is 100 cm³/mol. The molecule has 2 aromatic carbocycles. The maximum Gasteiger partial charge on any atom is 0.250 e. The Morgan fingerprint density at radius 2 is 1.85 bits per heavy atom. The minimum Gasteiger partial charge on any atom is -0.396 e. The molecule has 1 aliphatic rings. The molecule has 1 aromatic heterocycles. The summed E-state index contributed by atoms with van der Waals surface area (Å²) in [6.07, 6.45) is 2.21. The van der Waals surface area contributed by atoms with Crippen LogP contribution in [0.25, 0.3) is 5.69 Å². The minimum absolute atomic E-state index is 0.00919. The van der Waals surface area contributed by atoms with Crippen LogP contribution in [0.1, 0.15) is 18.4 Å². The van der Waals surface area contributed by atoms with Gasteiger partial charge in [0.05, 0.1) is 12.3 Å². The lowest BCUT2D eigenvalue weighted by Crippen LogP contribution is -2.47. The Kier molecular flexibility index (Phi) is 4.85. The van der Waals surface area contributed by atoms with E-state index in [4.69, 9.17) is 0 Å². The Morgan fingerprint density at radius 1 is 1.07 bits per heavy atom. The number of piperidine rings is 1. The van der Waals surface area contributed by atoms with Gasteiger partial charge in [-0.1, -0.05) is 41.5 Å². The van der Waals surface area contributed by atoms with Crippen LogP contribution in [-0.2, 0) is 6.42 Å². The molecule has 1 fully saturated rings. The zero-order chi connectivity index (χ0) is 18.7. The van der Waals surface area contributed by atoms with Crippen LogP contribution in [-0.4, -0.2) is 45.0 Å². The standard InChI is InChI=1S/C20H22FN5O/c21-18-10-5-4-7-16(18)13-20(15-27)11-6-12-25(14-20)19-22-23-24-26(19)17-8-2-1-3-9-17/h1-5,7-10,27H,6,11-15H2. The molecule has 1 unspecified atom stereocenters. The third-order valence-electron chi connectivity index (χ3n) is 5.26. The maximum absolute atomic E-state index is 14.2. The minimum atomic E-state index is -0.423. The summed E-state index contributed by atoms with van der Waals surface area (Å²) in [4.78, 5) is 2.09. The number of aliphatic hydroxyl groups excluding tert-OH is 1. The summed E-state index contributed by atoms with van der Waals surface area (Å²) >= 11 is 0. The highest BCUT2D eigenvalue weighted by Crippen LogP contribution is 2.35. The monoisotopic (exact) mass is 367 g/mol. The SMILES string of the molecule is OCC1(Cc2ccccc2F)CCCN(c2nnnn2-c2ccccc2)C1. The van der Waals surface area contributed by atoms with Crippen molar-refractivity contribution < 1.29 is 9.50 Å². The highest BCUT2D eigenvalue weighted by molar-refractivity contribution is 5.41. The van der Waals surface area contributed by atoms with E-state index in [1.807, 2.05) is 36.4 Å². The molecular weight excluding hydrogens is 345 g/mol. The van der Waals surface area contributed by atoms with Gasteiger partial charge >= 0.3 is 0 Å². The number of benzene rings is 2. The van der Waals surface area contributed by atoms with Crippen LogP contribution >= 0.6 is 0 Å². The van der Waals surface area contributed by atoms with E-state index in [0.717, 1.165) is 25.1 Å². The molecule has 2 heterocycles. The van der Waals surface area contributed by atoms with Gasteiger partial charge in [0.25, 0.3) is 0 Å². The molecule has 0 amide bonds. The Morgan fingerprint density at radius 3 is 2.63 bits per heavy atom. The highest BCUT2D eigenvalue weighted by Gasteiger charge is 2.37. The molecule has 7 heteroatoms. The summed E-state index contributed by atoms with van der Waals surface area (Å²) in [6, 6.07) is 16.5. The van der Waals surface area contributed by atoms with Gasteiger partial charge in [-0.2, -0.15) is 4.68 Å². The molecule has 0 spiro atoms. The van der Waals surface area contributed by atoms with Gasteiger partial charge in [0, 0.05) is 18.5 Å². The van der Waals surface area contributed by atoms with Crippen molar-refractivity contribution in [3.05, 3.63) is 66.0 Å². The molecule has 27 heavy (non-hydrogen) atoms. The molecule has 1 N–H and O–H groups in total. The van der Waals surface area contributed by atoms with Gasteiger partial charge in [-0.25, -0.2) is 4.39 Å². The second-order valence-electron chi connectivity index (χ2n) is 7.18. The summed E-state index contributed by atoms with van der Waals surface area (Å²) in [5, 5.41) is 22.4. The van der Waals surface area contributed by atoms with Crippen molar-refractivity contribution in [3.63, 3.8) is 0 Å². The number of tetrazole rings is 1. The van der Waals surface area contributed by atoms with E-state index < -0.39 is 5.41 Å². The number of rotatable bonds is 5. The van der Waals surface area contributed by atoms with Crippen LogP contribution < -0.4 is 4.90 Å². The van der Waals surface area contributed by atoms with Crippen LogP contribution in [0.3, 0.4) is 0 Å². The average Bonchev–Trinajstić information content (AvgIpc) is 3.21. The van der Waals surface area contributed by atoms with Gasteiger partial charge < -0.3 is 10.0 Å². The molecular formula is C20H22FN5O. The lowest BCUT2D eigenvalue weighted by Gasteiger charge is -2.42. The smallest absolute Gasteiger partial charge is 0.250 e. The van der Waals surface area contributed by atoms with E-state index in [-0.39, 0.29) is 12.4 Å². The van der Waals surface area contributed by atoms with Gasteiger partial charge in [0.2, 0.25) is 5.95 Å². The van der Waals surface area contributed by atoms with Gasteiger partial charge in [0.15, 0.2) is 0 Å².